The highest BCUT2D eigenvalue weighted by molar-refractivity contribution is 5.94. The maximum absolute atomic E-state index is 12.7. The number of amides is 3. The molecule has 15 nitrogen and oxygen atoms in total. The van der Waals surface area contributed by atoms with E-state index in [1.54, 1.807) is 0 Å². The minimum Gasteiger partial charge on any atom is -0.481 e. The lowest BCUT2D eigenvalue weighted by molar-refractivity contribution is -0.143. The van der Waals surface area contributed by atoms with Crippen LogP contribution in [0.4, 0.5) is 0 Å². The van der Waals surface area contributed by atoms with Crippen molar-refractivity contribution in [1.82, 2.24) is 16.0 Å². The number of aliphatic imine (C=N–C) groups is 1. The zero-order valence-corrected chi connectivity index (χ0v) is 18.5. The molecule has 0 aliphatic heterocycles. The van der Waals surface area contributed by atoms with E-state index in [2.05, 4.69) is 20.9 Å². The number of nitrogens with zero attached hydrogens (tertiary/aromatic N) is 1. The molecule has 15 heteroatoms. The zero-order chi connectivity index (χ0) is 25.7. The Hall–Kier alpha value is -3.46. The number of rotatable bonds is 15. The molecule has 5 atom stereocenters. The van der Waals surface area contributed by atoms with E-state index in [1.165, 1.54) is 13.8 Å². The molecule has 0 saturated carbocycles. The second kappa shape index (κ2) is 14.6. The maximum Gasteiger partial charge on any atom is 0.326 e. The summed E-state index contributed by atoms with van der Waals surface area (Å²) in [4.78, 5) is 62.8. The van der Waals surface area contributed by atoms with Crippen LogP contribution in [0.5, 0.6) is 0 Å². The molecule has 33 heavy (non-hydrogen) atoms. The topological polar surface area (TPSA) is 273 Å². The third kappa shape index (κ3) is 12.2. The molecule has 0 heterocycles. The fourth-order valence-electron chi connectivity index (χ4n) is 2.46. The van der Waals surface area contributed by atoms with Crippen molar-refractivity contribution in [2.45, 2.75) is 69.8 Å². The van der Waals surface area contributed by atoms with Gasteiger partial charge in [0.15, 0.2) is 5.96 Å². The number of aliphatic hydroxyl groups is 1. The molecule has 0 radical (unpaired) electrons. The first-order valence-electron chi connectivity index (χ1n) is 10.1. The van der Waals surface area contributed by atoms with Crippen molar-refractivity contribution < 1.29 is 39.3 Å². The van der Waals surface area contributed by atoms with Crippen molar-refractivity contribution in [3.63, 3.8) is 0 Å². The van der Waals surface area contributed by atoms with Crippen LogP contribution in [0.2, 0.25) is 0 Å². The quantitative estimate of drug-likeness (QED) is 0.0628. The number of aliphatic carboxylic acids is 2. The van der Waals surface area contributed by atoms with E-state index >= 15 is 0 Å². The Labute approximate surface area is 190 Å². The average Bonchev–Trinajstić information content (AvgIpc) is 2.71. The van der Waals surface area contributed by atoms with E-state index < -0.39 is 66.4 Å². The lowest BCUT2D eigenvalue weighted by Crippen LogP contribution is -2.57. The molecule has 3 amide bonds. The van der Waals surface area contributed by atoms with Gasteiger partial charge in [-0.15, -0.1) is 0 Å². The zero-order valence-electron chi connectivity index (χ0n) is 18.5. The Morgan fingerprint density at radius 2 is 1.45 bits per heavy atom. The number of carboxylic acid groups (broad SMARTS) is 2. The SMILES string of the molecule is CC(NC(=O)C(CCCN=C(N)N)NC(=O)C(N)C(C)O)C(=O)NC(CCC(=O)O)C(=O)O. The number of carboxylic acids is 2. The van der Waals surface area contributed by atoms with E-state index in [-0.39, 0.29) is 31.8 Å². The van der Waals surface area contributed by atoms with Gasteiger partial charge < -0.3 is 48.5 Å². The summed E-state index contributed by atoms with van der Waals surface area (Å²) < 4.78 is 0. The van der Waals surface area contributed by atoms with Gasteiger partial charge in [0.05, 0.1) is 6.10 Å². The molecule has 188 valence electrons. The van der Waals surface area contributed by atoms with Crippen molar-refractivity contribution in [2.75, 3.05) is 6.54 Å². The number of aliphatic hydroxyl groups excluding tert-OH is 1. The molecule has 0 spiro atoms. The predicted octanol–water partition coefficient (Wildman–Crippen LogP) is -3.83. The average molecular weight is 476 g/mol. The molecule has 0 aromatic rings. The molecule has 0 aliphatic carbocycles. The van der Waals surface area contributed by atoms with Gasteiger partial charge in [0, 0.05) is 13.0 Å². The van der Waals surface area contributed by atoms with Gasteiger partial charge in [0.2, 0.25) is 17.7 Å². The normalized spacial score (nSPS) is 15.2. The number of carbonyl (C=O) groups is 5. The number of carbonyl (C=O) groups excluding carboxylic acids is 3. The summed E-state index contributed by atoms with van der Waals surface area (Å²) in [6.07, 6.45) is -1.68. The van der Waals surface area contributed by atoms with Crippen molar-refractivity contribution in [3.8, 4) is 0 Å². The van der Waals surface area contributed by atoms with Crippen LogP contribution in [0.15, 0.2) is 4.99 Å². The minimum atomic E-state index is -1.47. The number of nitrogens with two attached hydrogens (primary N) is 3. The monoisotopic (exact) mass is 475 g/mol. The van der Waals surface area contributed by atoms with Gasteiger partial charge in [-0.05, 0) is 33.1 Å². The highest BCUT2D eigenvalue weighted by atomic mass is 16.4. The van der Waals surface area contributed by atoms with Gasteiger partial charge in [-0.3, -0.25) is 24.2 Å². The minimum absolute atomic E-state index is 0.0611. The number of nitrogens with one attached hydrogen (secondary N) is 3. The Morgan fingerprint density at radius 3 is 1.94 bits per heavy atom. The third-order valence-electron chi connectivity index (χ3n) is 4.41. The number of guanidine groups is 1. The molecule has 0 rings (SSSR count). The van der Waals surface area contributed by atoms with Crippen molar-refractivity contribution in [3.05, 3.63) is 0 Å². The highest BCUT2D eigenvalue weighted by Crippen LogP contribution is 2.03. The standard InChI is InChI=1S/C18H33N7O8/c1-8(14(29)25-11(17(32)33)5-6-12(27)28)23-15(30)10(4-3-7-22-18(20)21)24-16(31)13(19)9(2)26/h8-11,13,26H,3-7,19H2,1-2H3,(H,23,30)(H,24,31)(H,25,29)(H,27,28)(H,32,33)(H4,20,21,22). The summed E-state index contributed by atoms with van der Waals surface area (Å²) in [7, 11) is 0. The van der Waals surface area contributed by atoms with Gasteiger partial charge in [0.25, 0.3) is 0 Å². The lowest BCUT2D eigenvalue weighted by Gasteiger charge is -2.24. The van der Waals surface area contributed by atoms with Crippen LogP contribution in [-0.4, -0.2) is 87.8 Å². The van der Waals surface area contributed by atoms with Crippen LogP contribution in [0.25, 0.3) is 0 Å². The smallest absolute Gasteiger partial charge is 0.326 e. The van der Waals surface area contributed by atoms with Crippen molar-refractivity contribution in [2.24, 2.45) is 22.2 Å². The summed E-state index contributed by atoms with van der Waals surface area (Å²) in [6.45, 7) is 2.74. The molecule has 12 N–H and O–H groups in total. The maximum atomic E-state index is 12.7. The Balaban J connectivity index is 5.18. The third-order valence-corrected chi connectivity index (χ3v) is 4.41. The van der Waals surface area contributed by atoms with Crippen molar-refractivity contribution in [1.29, 1.82) is 0 Å². The van der Waals surface area contributed by atoms with Crippen LogP contribution >= 0.6 is 0 Å². The van der Waals surface area contributed by atoms with Crippen LogP contribution in [0, 0.1) is 0 Å². The molecule has 0 aliphatic rings. The Bertz CT molecular complexity index is 739. The molecule has 0 aromatic carbocycles. The second-order valence-electron chi connectivity index (χ2n) is 7.34. The fourth-order valence-corrected chi connectivity index (χ4v) is 2.46. The summed E-state index contributed by atoms with van der Waals surface area (Å²) in [6, 6.07) is -5.14. The van der Waals surface area contributed by atoms with Crippen LogP contribution in [0.1, 0.15) is 39.5 Å². The fraction of sp³-hybridized carbons (Fsp3) is 0.667. The number of hydrogen-bond donors (Lipinski definition) is 9. The van der Waals surface area contributed by atoms with Gasteiger partial charge in [-0.2, -0.15) is 0 Å². The molecular formula is C18H33N7O8. The van der Waals surface area contributed by atoms with Crippen molar-refractivity contribution >= 4 is 35.6 Å². The summed E-state index contributed by atoms with van der Waals surface area (Å²) in [5.74, 6) is -5.26. The Kier molecular flexibility index (Phi) is 13.0. The van der Waals surface area contributed by atoms with Crippen LogP contribution in [0.3, 0.4) is 0 Å². The summed E-state index contributed by atoms with van der Waals surface area (Å²) in [5, 5.41) is 34.2. The molecule has 0 aromatic heterocycles. The van der Waals surface area contributed by atoms with E-state index in [0.717, 1.165) is 0 Å². The largest absolute Gasteiger partial charge is 0.481 e. The molecule has 0 saturated heterocycles. The Morgan fingerprint density at radius 1 is 0.879 bits per heavy atom. The number of hydrogen-bond acceptors (Lipinski definition) is 8. The first-order chi connectivity index (χ1) is 15.3. The lowest BCUT2D eigenvalue weighted by atomic mass is 10.1. The second-order valence-corrected chi connectivity index (χ2v) is 7.34. The summed E-state index contributed by atoms with van der Waals surface area (Å²) >= 11 is 0. The van der Waals surface area contributed by atoms with Gasteiger partial charge in [-0.1, -0.05) is 0 Å². The molecule has 0 fully saturated rings. The van der Waals surface area contributed by atoms with Gasteiger partial charge in [-0.25, -0.2) is 4.79 Å². The first-order valence-corrected chi connectivity index (χ1v) is 10.1. The molecular weight excluding hydrogens is 442 g/mol. The van der Waals surface area contributed by atoms with Crippen LogP contribution < -0.4 is 33.2 Å². The molecule has 5 unspecified atom stereocenters. The van der Waals surface area contributed by atoms with Gasteiger partial charge >= 0.3 is 11.9 Å². The molecule has 0 bridgehead atoms. The van der Waals surface area contributed by atoms with E-state index in [4.69, 9.17) is 27.4 Å². The van der Waals surface area contributed by atoms with E-state index in [9.17, 15) is 29.1 Å². The first kappa shape index (κ1) is 29.5. The highest BCUT2D eigenvalue weighted by Gasteiger charge is 2.29. The van der Waals surface area contributed by atoms with Crippen LogP contribution in [-0.2, 0) is 24.0 Å². The summed E-state index contributed by atoms with van der Waals surface area (Å²) in [5.41, 5.74) is 16.0. The van der Waals surface area contributed by atoms with Gasteiger partial charge in [0.1, 0.15) is 24.2 Å². The van der Waals surface area contributed by atoms with E-state index in [0.29, 0.717) is 0 Å². The van der Waals surface area contributed by atoms with E-state index in [1.807, 2.05) is 0 Å². The predicted molar refractivity (Wildman–Crippen MR) is 116 cm³/mol.